The van der Waals surface area contributed by atoms with Crippen molar-refractivity contribution in [1.82, 2.24) is 5.32 Å². The Kier molecular flexibility index (Phi) is 8.97. The van der Waals surface area contributed by atoms with E-state index >= 15 is 0 Å². The first-order chi connectivity index (χ1) is 8.46. The van der Waals surface area contributed by atoms with Crippen LogP contribution >= 0.6 is 0 Å². The van der Waals surface area contributed by atoms with E-state index in [-0.39, 0.29) is 12.0 Å². The van der Waals surface area contributed by atoms with Crippen molar-refractivity contribution in [1.29, 1.82) is 0 Å². The Labute approximate surface area is 110 Å². The van der Waals surface area contributed by atoms with Gasteiger partial charge in [-0.05, 0) is 33.6 Å². The van der Waals surface area contributed by atoms with Crippen LogP contribution in [0.25, 0.3) is 0 Å². The number of carbonyl (C=O) groups excluding carboxylic acids is 1. The second-order valence-electron chi connectivity index (χ2n) is 4.83. The molecule has 0 aromatic carbocycles. The van der Waals surface area contributed by atoms with Crippen LogP contribution in [-0.4, -0.2) is 51.6 Å². The van der Waals surface area contributed by atoms with Crippen LogP contribution in [-0.2, 0) is 19.0 Å². The number of esters is 1. The molecule has 0 amide bonds. The molecule has 5 nitrogen and oxygen atoms in total. The molecule has 0 aromatic heterocycles. The van der Waals surface area contributed by atoms with Crippen molar-refractivity contribution in [2.24, 2.45) is 0 Å². The highest BCUT2D eigenvalue weighted by Crippen LogP contribution is 2.13. The summed E-state index contributed by atoms with van der Waals surface area (Å²) < 4.78 is 15.2. The lowest BCUT2D eigenvalue weighted by Crippen LogP contribution is -2.53. The normalized spacial score (nSPS) is 14.6. The van der Waals surface area contributed by atoms with Gasteiger partial charge in [0.1, 0.15) is 5.54 Å². The van der Waals surface area contributed by atoms with Crippen LogP contribution < -0.4 is 5.32 Å². The summed E-state index contributed by atoms with van der Waals surface area (Å²) in [6.07, 6.45) is 1.45. The maximum Gasteiger partial charge on any atom is 0.325 e. The molecule has 1 atom stereocenters. The molecule has 0 aromatic rings. The van der Waals surface area contributed by atoms with Gasteiger partial charge in [-0.1, -0.05) is 0 Å². The third-order valence-electron chi connectivity index (χ3n) is 2.63. The topological polar surface area (TPSA) is 56.8 Å². The van der Waals surface area contributed by atoms with E-state index in [1.807, 2.05) is 20.8 Å². The minimum atomic E-state index is -0.690. The zero-order chi connectivity index (χ0) is 14.0. The van der Waals surface area contributed by atoms with Crippen LogP contribution in [0.3, 0.4) is 0 Å². The molecule has 5 heteroatoms. The smallest absolute Gasteiger partial charge is 0.325 e. The molecular formula is C13H27NO4. The molecule has 1 N–H and O–H groups in total. The summed E-state index contributed by atoms with van der Waals surface area (Å²) in [4.78, 5) is 11.8. The monoisotopic (exact) mass is 261 g/mol. The molecule has 0 rings (SSSR count). The molecule has 0 fully saturated rings. The van der Waals surface area contributed by atoms with Crippen LogP contribution in [0.1, 0.15) is 33.6 Å². The highest BCUT2D eigenvalue weighted by Gasteiger charge is 2.34. The molecule has 1 unspecified atom stereocenters. The van der Waals surface area contributed by atoms with Crippen molar-refractivity contribution in [3.63, 3.8) is 0 Å². The summed E-state index contributed by atoms with van der Waals surface area (Å²) >= 11 is 0. The van der Waals surface area contributed by atoms with Gasteiger partial charge >= 0.3 is 5.97 Å². The van der Waals surface area contributed by atoms with Gasteiger partial charge in [-0.25, -0.2) is 0 Å². The van der Waals surface area contributed by atoms with Crippen LogP contribution in [0.15, 0.2) is 0 Å². The van der Waals surface area contributed by atoms with Gasteiger partial charge in [-0.15, -0.1) is 0 Å². The predicted octanol–water partition coefficient (Wildman–Crippen LogP) is 1.36. The molecule has 0 saturated carbocycles. The fourth-order valence-corrected chi connectivity index (χ4v) is 1.78. The molecule has 0 radical (unpaired) electrons. The van der Waals surface area contributed by atoms with Crippen molar-refractivity contribution in [2.45, 2.75) is 45.2 Å². The highest BCUT2D eigenvalue weighted by molar-refractivity contribution is 5.80. The number of nitrogens with one attached hydrogen (secondary N) is 1. The predicted molar refractivity (Wildman–Crippen MR) is 70.6 cm³/mol. The molecule has 0 saturated heterocycles. The number of hydrogen-bond donors (Lipinski definition) is 1. The van der Waals surface area contributed by atoms with E-state index in [0.29, 0.717) is 26.2 Å². The minimum Gasteiger partial charge on any atom is -0.468 e. The van der Waals surface area contributed by atoms with Gasteiger partial charge in [0.25, 0.3) is 0 Å². The van der Waals surface area contributed by atoms with Crippen molar-refractivity contribution >= 4 is 5.97 Å². The molecular weight excluding hydrogens is 234 g/mol. The summed E-state index contributed by atoms with van der Waals surface area (Å²) in [7, 11) is 3.07. The lowest BCUT2D eigenvalue weighted by molar-refractivity contribution is -0.149. The van der Waals surface area contributed by atoms with Crippen LogP contribution in [0.2, 0.25) is 0 Å². The van der Waals surface area contributed by atoms with Crippen molar-refractivity contribution < 1.29 is 19.0 Å². The highest BCUT2D eigenvalue weighted by atomic mass is 16.5. The van der Waals surface area contributed by atoms with Crippen molar-refractivity contribution in [3.8, 4) is 0 Å². The van der Waals surface area contributed by atoms with Gasteiger partial charge in [0, 0.05) is 33.0 Å². The molecule has 18 heavy (non-hydrogen) atoms. The molecule has 108 valence electrons. The van der Waals surface area contributed by atoms with E-state index in [2.05, 4.69) is 5.32 Å². The summed E-state index contributed by atoms with van der Waals surface area (Å²) in [6, 6.07) is 0.211. The van der Waals surface area contributed by atoms with Gasteiger partial charge in [0.15, 0.2) is 0 Å². The zero-order valence-corrected chi connectivity index (χ0v) is 12.2. The van der Waals surface area contributed by atoms with E-state index in [9.17, 15) is 4.79 Å². The molecule has 0 bridgehead atoms. The number of ether oxygens (including phenoxy) is 3. The van der Waals surface area contributed by atoms with Gasteiger partial charge in [-0.2, -0.15) is 0 Å². The van der Waals surface area contributed by atoms with Gasteiger partial charge in [0.05, 0.1) is 7.11 Å². The van der Waals surface area contributed by atoms with Gasteiger partial charge < -0.3 is 14.2 Å². The number of hydrogen-bond acceptors (Lipinski definition) is 5. The van der Waals surface area contributed by atoms with E-state index < -0.39 is 5.54 Å². The van der Waals surface area contributed by atoms with Gasteiger partial charge in [-0.3, -0.25) is 10.1 Å². The quantitative estimate of drug-likeness (QED) is 0.475. The lowest BCUT2D eigenvalue weighted by atomic mass is 9.97. The Morgan fingerprint density at radius 2 is 1.89 bits per heavy atom. The second kappa shape index (κ2) is 9.30. The molecule has 0 aliphatic carbocycles. The Balaban J connectivity index is 4.05. The van der Waals surface area contributed by atoms with Crippen LogP contribution in [0.4, 0.5) is 0 Å². The van der Waals surface area contributed by atoms with Gasteiger partial charge in [0.2, 0.25) is 0 Å². The number of carbonyl (C=O) groups is 1. The van der Waals surface area contributed by atoms with E-state index in [4.69, 9.17) is 14.2 Å². The van der Waals surface area contributed by atoms with E-state index in [1.54, 1.807) is 7.11 Å². The average molecular weight is 261 g/mol. The van der Waals surface area contributed by atoms with E-state index in [1.165, 1.54) is 7.11 Å². The maximum atomic E-state index is 11.8. The Morgan fingerprint density at radius 3 is 2.39 bits per heavy atom. The third kappa shape index (κ3) is 6.93. The summed E-state index contributed by atoms with van der Waals surface area (Å²) in [5, 5.41) is 3.23. The lowest BCUT2D eigenvalue weighted by Gasteiger charge is -2.30. The van der Waals surface area contributed by atoms with Crippen molar-refractivity contribution in [2.75, 3.05) is 34.0 Å². The van der Waals surface area contributed by atoms with Crippen LogP contribution in [0, 0.1) is 0 Å². The fraction of sp³-hybridized carbons (Fsp3) is 0.923. The average Bonchev–Trinajstić information content (AvgIpc) is 2.31. The Morgan fingerprint density at radius 1 is 1.22 bits per heavy atom. The SMILES string of the molecule is COCCCOCCC(C)(NC(C)C)C(=O)OC. The Hall–Kier alpha value is -0.650. The van der Waals surface area contributed by atoms with E-state index in [0.717, 1.165) is 6.42 Å². The largest absolute Gasteiger partial charge is 0.468 e. The zero-order valence-electron chi connectivity index (χ0n) is 12.2. The molecule has 0 spiro atoms. The summed E-state index contributed by atoms with van der Waals surface area (Å²) in [5.41, 5.74) is -0.690. The fourth-order valence-electron chi connectivity index (χ4n) is 1.78. The first kappa shape index (κ1) is 17.4. The summed E-state index contributed by atoms with van der Waals surface area (Å²) in [6.45, 7) is 7.71. The van der Waals surface area contributed by atoms with Crippen molar-refractivity contribution in [3.05, 3.63) is 0 Å². The maximum absolute atomic E-state index is 11.8. The Bertz CT molecular complexity index is 233. The third-order valence-corrected chi connectivity index (χ3v) is 2.63. The molecule has 0 aliphatic heterocycles. The first-order valence-electron chi connectivity index (χ1n) is 6.39. The standard InChI is InChI=1S/C13H27NO4/c1-11(2)14-13(3,12(15)17-5)7-10-18-9-6-8-16-4/h11,14H,6-10H2,1-5H3. The number of methoxy groups -OCH3 is 2. The molecule has 0 heterocycles. The number of rotatable bonds is 10. The minimum absolute atomic E-state index is 0.211. The molecule has 0 aliphatic rings. The first-order valence-corrected chi connectivity index (χ1v) is 6.39. The second-order valence-corrected chi connectivity index (χ2v) is 4.83. The summed E-state index contributed by atoms with van der Waals surface area (Å²) in [5.74, 6) is -0.253. The van der Waals surface area contributed by atoms with Crippen LogP contribution in [0.5, 0.6) is 0 Å².